The maximum absolute atomic E-state index is 11.9. The van der Waals surface area contributed by atoms with E-state index in [1.807, 2.05) is 0 Å². The number of benzene rings is 1. The van der Waals surface area contributed by atoms with E-state index in [1.165, 1.54) is 6.07 Å². The Morgan fingerprint density at radius 3 is 2.69 bits per heavy atom. The molecule has 0 saturated heterocycles. The molecular weight excluding hydrogens is 178 g/mol. The van der Waals surface area contributed by atoms with Gasteiger partial charge in [0.15, 0.2) is 5.75 Å². The minimum absolute atomic E-state index is 0.0532. The molecule has 0 aliphatic rings. The minimum Gasteiger partial charge on any atom is -0.433 e. The van der Waals surface area contributed by atoms with Crippen molar-refractivity contribution in [3.63, 3.8) is 0 Å². The van der Waals surface area contributed by atoms with Gasteiger partial charge in [-0.2, -0.15) is 8.78 Å². The Labute approximate surface area is 74.5 Å². The van der Waals surface area contributed by atoms with Crippen LogP contribution in [-0.2, 0) is 0 Å². The van der Waals surface area contributed by atoms with Gasteiger partial charge in [0.05, 0.1) is 5.69 Å². The Kier molecular flexibility index (Phi) is 3.02. The number of anilines is 1. The van der Waals surface area contributed by atoms with Crippen LogP contribution in [0.1, 0.15) is 5.56 Å². The van der Waals surface area contributed by atoms with Crippen molar-refractivity contribution in [2.75, 3.05) is 5.43 Å². The Bertz CT molecular complexity index is 291. The van der Waals surface area contributed by atoms with Gasteiger partial charge in [0.25, 0.3) is 0 Å². The molecule has 0 aliphatic carbocycles. The van der Waals surface area contributed by atoms with Crippen LogP contribution >= 0.6 is 0 Å². The van der Waals surface area contributed by atoms with Crippen LogP contribution in [0.5, 0.6) is 5.75 Å². The SMILES string of the molecule is Cc1cccc(OC(F)F)c1NN. The molecule has 0 amide bonds. The maximum atomic E-state index is 11.9. The van der Waals surface area contributed by atoms with Crippen LogP contribution < -0.4 is 16.0 Å². The van der Waals surface area contributed by atoms with Gasteiger partial charge in [0, 0.05) is 0 Å². The van der Waals surface area contributed by atoms with Gasteiger partial charge < -0.3 is 10.2 Å². The third-order valence-corrected chi connectivity index (χ3v) is 1.59. The van der Waals surface area contributed by atoms with Crippen molar-refractivity contribution in [3.05, 3.63) is 23.8 Å². The second-order valence-electron chi connectivity index (χ2n) is 2.47. The summed E-state index contributed by atoms with van der Waals surface area (Å²) in [6.45, 7) is -1.10. The molecule has 1 aromatic carbocycles. The lowest BCUT2D eigenvalue weighted by Crippen LogP contribution is -2.12. The first kappa shape index (κ1) is 9.73. The summed E-state index contributed by atoms with van der Waals surface area (Å²) in [5, 5.41) is 0. The molecule has 3 nitrogen and oxygen atoms in total. The standard InChI is InChI=1S/C8H10F2N2O/c1-5-3-2-4-6(7(5)12-11)13-8(9)10/h2-4,8,12H,11H2,1H3. The van der Waals surface area contributed by atoms with E-state index >= 15 is 0 Å². The first-order chi connectivity index (χ1) is 6.15. The summed E-state index contributed by atoms with van der Waals surface area (Å²) in [4.78, 5) is 0. The van der Waals surface area contributed by atoms with Gasteiger partial charge in [-0.25, -0.2) is 0 Å². The highest BCUT2D eigenvalue weighted by Crippen LogP contribution is 2.28. The number of alkyl halides is 2. The zero-order valence-electron chi connectivity index (χ0n) is 7.05. The average molecular weight is 188 g/mol. The number of nitrogen functional groups attached to an aromatic ring is 1. The van der Waals surface area contributed by atoms with E-state index in [0.29, 0.717) is 5.69 Å². The zero-order valence-corrected chi connectivity index (χ0v) is 7.05. The third kappa shape index (κ3) is 2.29. The Morgan fingerprint density at radius 2 is 2.15 bits per heavy atom. The Morgan fingerprint density at radius 1 is 1.46 bits per heavy atom. The van der Waals surface area contributed by atoms with E-state index in [4.69, 9.17) is 5.84 Å². The van der Waals surface area contributed by atoms with Gasteiger partial charge in [0.1, 0.15) is 0 Å². The minimum atomic E-state index is -2.84. The van der Waals surface area contributed by atoms with Crippen LogP contribution in [0.2, 0.25) is 0 Å². The summed E-state index contributed by atoms with van der Waals surface area (Å²) < 4.78 is 28.0. The lowest BCUT2D eigenvalue weighted by atomic mass is 10.2. The second kappa shape index (κ2) is 4.04. The number of rotatable bonds is 3. The van der Waals surface area contributed by atoms with Crippen LogP contribution in [0, 0.1) is 6.92 Å². The quantitative estimate of drug-likeness (QED) is 0.562. The molecule has 5 heteroatoms. The number of nitrogens with one attached hydrogen (secondary N) is 1. The molecule has 0 saturated carbocycles. The van der Waals surface area contributed by atoms with Crippen molar-refractivity contribution in [2.24, 2.45) is 5.84 Å². The second-order valence-corrected chi connectivity index (χ2v) is 2.47. The monoisotopic (exact) mass is 188 g/mol. The summed E-state index contributed by atoms with van der Waals surface area (Å²) in [6.07, 6.45) is 0. The number of ether oxygens (including phenoxy) is 1. The molecule has 1 rings (SSSR count). The van der Waals surface area contributed by atoms with Gasteiger partial charge in [0.2, 0.25) is 0 Å². The molecule has 1 aromatic rings. The number of hydrazine groups is 1. The fraction of sp³-hybridized carbons (Fsp3) is 0.250. The Hall–Kier alpha value is -1.36. The van der Waals surface area contributed by atoms with Crippen LogP contribution in [0.15, 0.2) is 18.2 Å². The first-order valence-electron chi connectivity index (χ1n) is 3.66. The van der Waals surface area contributed by atoms with Crippen molar-refractivity contribution in [1.82, 2.24) is 0 Å². The van der Waals surface area contributed by atoms with E-state index in [2.05, 4.69) is 10.2 Å². The van der Waals surface area contributed by atoms with Crippen molar-refractivity contribution in [2.45, 2.75) is 13.5 Å². The average Bonchev–Trinajstić information content (AvgIpc) is 2.03. The molecule has 13 heavy (non-hydrogen) atoms. The molecule has 3 N–H and O–H groups in total. The molecule has 0 unspecified atom stereocenters. The normalized spacial score (nSPS) is 10.2. The highest BCUT2D eigenvalue weighted by molar-refractivity contribution is 5.60. The smallest absolute Gasteiger partial charge is 0.387 e. The summed E-state index contributed by atoms with van der Waals surface area (Å²) in [7, 11) is 0. The summed E-state index contributed by atoms with van der Waals surface area (Å²) in [5.74, 6) is 5.21. The van der Waals surface area contributed by atoms with E-state index in [9.17, 15) is 8.78 Å². The van der Waals surface area contributed by atoms with Gasteiger partial charge in [-0.05, 0) is 18.6 Å². The lowest BCUT2D eigenvalue weighted by Gasteiger charge is -2.11. The maximum Gasteiger partial charge on any atom is 0.387 e. The van der Waals surface area contributed by atoms with Crippen LogP contribution in [0.3, 0.4) is 0 Å². The number of hydrogen-bond donors (Lipinski definition) is 2. The molecule has 0 atom stereocenters. The summed E-state index contributed by atoms with van der Waals surface area (Å²) in [6, 6.07) is 4.79. The highest BCUT2D eigenvalue weighted by atomic mass is 19.3. The van der Waals surface area contributed by atoms with E-state index in [-0.39, 0.29) is 5.75 Å². The molecule has 72 valence electrons. The summed E-state index contributed by atoms with van der Waals surface area (Å²) >= 11 is 0. The van der Waals surface area contributed by atoms with E-state index in [1.54, 1.807) is 19.1 Å². The zero-order chi connectivity index (χ0) is 9.84. The number of hydrogen-bond acceptors (Lipinski definition) is 3. The molecule has 0 aromatic heterocycles. The number of para-hydroxylation sites is 1. The summed E-state index contributed by atoms with van der Waals surface area (Å²) in [5.41, 5.74) is 3.44. The molecular formula is C8H10F2N2O. The molecule has 0 spiro atoms. The fourth-order valence-electron chi connectivity index (χ4n) is 1.02. The lowest BCUT2D eigenvalue weighted by molar-refractivity contribution is -0.0493. The molecule has 0 heterocycles. The van der Waals surface area contributed by atoms with Gasteiger partial charge >= 0.3 is 6.61 Å². The molecule has 0 fully saturated rings. The number of aryl methyl sites for hydroxylation is 1. The topological polar surface area (TPSA) is 47.3 Å². The third-order valence-electron chi connectivity index (χ3n) is 1.59. The highest BCUT2D eigenvalue weighted by Gasteiger charge is 2.09. The van der Waals surface area contributed by atoms with Crippen molar-refractivity contribution < 1.29 is 13.5 Å². The predicted molar refractivity (Wildman–Crippen MR) is 45.6 cm³/mol. The van der Waals surface area contributed by atoms with Gasteiger partial charge in [-0.3, -0.25) is 5.84 Å². The first-order valence-corrected chi connectivity index (χ1v) is 3.66. The van der Waals surface area contributed by atoms with Crippen molar-refractivity contribution >= 4 is 5.69 Å². The van der Waals surface area contributed by atoms with E-state index < -0.39 is 6.61 Å². The molecule has 0 aliphatic heterocycles. The Balaban J connectivity index is 2.98. The van der Waals surface area contributed by atoms with E-state index in [0.717, 1.165) is 5.56 Å². The van der Waals surface area contributed by atoms with Gasteiger partial charge in [-0.1, -0.05) is 12.1 Å². The van der Waals surface area contributed by atoms with Crippen molar-refractivity contribution in [1.29, 1.82) is 0 Å². The van der Waals surface area contributed by atoms with Crippen LogP contribution in [-0.4, -0.2) is 6.61 Å². The molecule has 0 bridgehead atoms. The fourth-order valence-corrected chi connectivity index (χ4v) is 1.02. The number of nitrogens with two attached hydrogens (primary N) is 1. The number of halogens is 2. The van der Waals surface area contributed by atoms with Crippen molar-refractivity contribution in [3.8, 4) is 5.75 Å². The van der Waals surface area contributed by atoms with Crippen LogP contribution in [0.4, 0.5) is 14.5 Å². The largest absolute Gasteiger partial charge is 0.433 e. The van der Waals surface area contributed by atoms with Crippen LogP contribution in [0.25, 0.3) is 0 Å². The van der Waals surface area contributed by atoms with Gasteiger partial charge in [-0.15, -0.1) is 0 Å². The predicted octanol–water partition coefficient (Wildman–Crippen LogP) is 1.88. The molecule has 0 radical (unpaired) electrons.